The summed E-state index contributed by atoms with van der Waals surface area (Å²) >= 11 is 0. The number of hydrogen-bond acceptors (Lipinski definition) is 16. The smallest absolute Gasteiger partial charge is 0.217 e. The van der Waals surface area contributed by atoms with Crippen molar-refractivity contribution in [2.24, 2.45) is 0 Å². The molecule has 420 valence electrons. The molecule has 0 saturated carbocycles. The van der Waals surface area contributed by atoms with E-state index >= 15 is 0 Å². The molecule has 0 unspecified atom stereocenters. The van der Waals surface area contributed by atoms with Crippen molar-refractivity contribution < 1.29 is 77.3 Å². The standard InChI is InChI=1S/C62H71NO16/c1-41(65)63-51-56(78-62-53(67)57(73-37-46-28-16-6-17-29-46)54(71-35-44-24-12-4-13-25-44)50(77-62)40-70-34-43-22-10-3-11-23-43)52(66)48(32-64)76-61(51)79-58-55(72-36-45-26-14-5-15-27-45)49(39-69-33-42-20-8-2-9-21-42)75-60(68)59(58)74-38-47-30-18-7-19-31-47/h2-31,48-62,64,66-68H,32-40H2,1H3,(H,63,65)/t48-,49-,50-,51-,52+,53-,54+,55+,56-,57-,58+,59-,60+,61+,62+/m1/s1. The molecule has 17 heteroatoms. The zero-order valence-corrected chi connectivity index (χ0v) is 44.0. The molecule has 0 spiro atoms. The van der Waals surface area contributed by atoms with Gasteiger partial charge >= 0.3 is 0 Å². The highest BCUT2D eigenvalue weighted by Crippen LogP contribution is 2.36. The minimum absolute atomic E-state index is 0.0213. The van der Waals surface area contributed by atoms with E-state index in [0.717, 1.165) is 33.4 Å². The number of amides is 1. The van der Waals surface area contributed by atoms with Crippen molar-refractivity contribution in [2.45, 2.75) is 139 Å². The average Bonchev–Trinajstić information content (AvgIpc) is 3.56. The third-order valence-corrected chi connectivity index (χ3v) is 14.0. The van der Waals surface area contributed by atoms with Crippen LogP contribution in [0.4, 0.5) is 0 Å². The molecule has 3 heterocycles. The number of aliphatic hydroxyl groups excluding tert-OH is 4. The van der Waals surface area contributed by atoms with Gasteiger partial charge in [0.15, 0.2) is 18.9 Å². The molecule has 3 aliphatic heterocycles. The lowest BCUT2D eigenvalue weighted by molar-refractivity contribution is -0.372. The zero-order valence-electron chi connectivity index (χ0n) is 44.0. The normalized spacial score (nSPS) is 28.9. The SMILES string of the molecule is CC(=O)N[C@H]1[C@H](O[C@@H]2[C@@H](OCc3ccccc3)[C@@H](O)O[C@H](COCc3ccccc3)[C@@H]2OCc2ccccc2)O[C@H](CO)[C@H](O)[C@@H]1O[C@@H]1O[C@H](COCc2ccccc2)[C@H](OCc2ccccc2)[C@H](OCc2ccccc2)[C@H]1O. The van der Waals surface area contributed by atoms with Crippen molar-refractivity contribution in [1.82, 2.24) is 5.32 Å². The molecule has 1 amide bonds. The lowest BCUT2D eigenvalue weighted by Crippen LogP contribution is -2.70. The van der Waals surface area contributed by atoms with Gasteiger partial charge in [-0.15, -0.1) is 0 Å². The molecule has 3 fully saturated rings. The van der Waals surface area contributed by atoms with E-state index in [1.807, 2.05) is 182 Å². The number of nitrogens with one attached hydrogen (secondary N) is 1. The molecule has 3 aliphatic rings. The maximum Gasteiger partial charge on any atom is 0.217 e. The number of benzene rings is 6. The summed E-state index contributed by atoms with van der Waals surface area (Å²) in [5.74, 6) is -0.561. The van der Waals surface area contributed by atoms with E-state index in [4.69, 9.17) is 52.1 Å². The van der Waals surface area contributed by atoms with E-state index in [9.17, 15) is 25.2 Å². The van der Waals surface area contributed by atoms with E-state index in [2.05, 4.69) is 5.32 Å². The minimum atomic E-state index is -1.66. The summed E-state index contributed by atoms with van der Waals surface area (Å²) < 4.78 is 72.1. The Balaban J connectivity index is 1.04. The third-order valence-electron chi connectivity index (χ3n) is 14.0. The van der Waals surface area contributed by atoms with Crippen LogP contribution in [0.2, 0.25) is 0 Å². The van der Waals surface area contributed by atoms with Crippen LogP contribution < -0.4 is 5.32 Å². The molecule has 0 bridgehead atoms. The quantitative estimate of drug-likeness (QED) is 0.0427. The Labute approximate surface area is 460 Å². The van der Waals surface area contributed by atoms with Crippen molar-refractivity contribution in [3.63, 3.8) is 0 Å². The predicted molar refractivity (Wildman–Crippen MR) is 287 cm³/mol. The molecule has 15 atom stereocenters. The highest BCUT2D eigenvalue weighted by molar-refractivity contribution is 5.73. The molecule has 0 radical (unpaired) electrons. The maximum atomic E-state index is 13.4. The van der Waals surface area contributed by atoms with Gasteiger partial charge in [0, 0.05) is 6.92 Å². The van der Waals surface area contributed by atoms with Crippen molar-refractivity contribution in [2.75, 3.05) is 19.8 Å². The van der Waals surface area contributed by atoms with Crippen LogP contribution in [-0.2, 0) is 96.5 Å². The van der Waals surface area contributed by atoms with Gasteiger partial charge in [0.1, 0.15) is 73.2 Å². The van der Waals surface area contributed by atoms with Crippen LogP contribution in [-0.4, -0.2) is 138 Å². The number of ether oxygens (including phenoxy) is 11. The number of hydrogen-bond donors (Lipinski definition) is 5. The lowest BCUT2D eigenvalue weighted by Gasteiger charge is -2.50. The first-order valence-electron chi connectivity index (χ1n) is 26.8. The number of rotatable bonds is 26. The van der Waals surface area contributed by atoms with Gasteiger partial charge in [-0.1, -0.05) is 182 Å². The molecule has 6 aromatic rings. The van der Waals surface area contributed by atoms with Crippen LogP contribution in [0.1, 0.15) is 40.3 Å². The summed E-state index contributed by atoms with van der Waals surface area (Å²) in [6.07, 6.45) is -18.4. The highest BCUT2D eigenvalue weighted by Gasteiger charge is 2.56. The highest BCUT2D eigenvalue weighted by atomic mass is 16.7. The fraction of sp³-hybridized carbons (Fsp3) is 0.403. The monoisotopic (exact) mass is 1090 g/mol. The molecule has 0 aromatic heterocycles. The molecule has 3 saturated heterocycles. The second-order valence-corrected chi connectivity index (χ2v) is 19.8. The van der Waals surface area contributed by atoms with Gasteiger partial charge in [0.25, 0.3) is 0 Å². The summed E-state index contributed by atoms with van der Waals surface area (Å²) in [6, 6.07) is 55.7. The fourth-order valence-corrected chi connectivity index (χ4v) is 9.94. The van der Waals surface area contributed by atoms with Gasteiger partial charge in [-0.25, -0.2) is 0 Å². The Morgan fingerprint density at radius 2 is 0.772 bits per heavy atom. The van der Waals surface area contributed by atoms with Gasteiger partial charge in [-0.2, -0.15) is 0 Å². The van der Waals surface area contributed by atoms with Crippen LogP contribution in [0, 0.1) is 0 Å². The van der Waals surface area contributed by atoms with E-state index in [1.165, 1.54) is 6.92 Å². The van der Waals surface area contributed by atoms with Crippen LogP contribution in [0.5, 0.6) is 0 Å². The van der Waals surface area contributed by atoms with Gasteiger partial charge < -0.3 is 77.8 Å². The van der Waals surface area contributed by atoms with Crippen molar-refractivity contribution in [3.05, 3.63) is 215 Å². The van der Waals surface area contributed by atoms with Crippen LogP contribution >= 0.6 is 0 Å². The Kier molecular flexibility index (Phi) is 21.7. The summed E-state index contributed by atoms with van der Waals surface area (Å²) in [5.41, 5.74) is 5.14. The first-order valence-corrected chi connectivity index (χ1v) is 26.8. The maximum absolute atomic E-state index is 13.4. The molecule has 5 N–H and O–H groups in total. The topological polar surface area (TPSA) is 212 Å². The third kappa shape index (κ3) is 16.2. The second-order valence-electron chi connectivity index (χ2n) is 19.8. The molecule has 0 aliphatic carbocycles. The predicted octanol–water partition coefficient (Wildman–Crippen LogP) is 5.92. The van der Waals surface area contributed by atoms with Crippen molar-refractivity contribution >= 4 is 5.91 Å². The average molecular weight is 1090 g/mol. The summed E-state index contributed by atoms with van der Waals surface area (Å²) in [7, 11) is 0. The number of carbonyl (C=O) groups is 1. The van der Waals surface area contributed by atoms with E-state index in [-0.39, 0.29) is 52.9 Å². The summed E-state index contributed by atoms with van der Waals surface area (Å²) in [6.45, 7) is 1.21. The Morgan fingerprint density at radius 1 is 0.418 bits per heavy atom. The molecular weight excluding hydrogens is 1010 g/mol. The number of carbonyl (C=O) groups excluding carboxylic acids is 1. The molecular formula is C62H71NO16. The van der Waals surface area contributed by atoms with E-state index < -0.39 is 105 Å². The molecule has 9 rings (SSSR count). The first kappa shape index (κ1) is 57.9. The van der Waals surface area contributed by atoms with Crippen LogP contribution in [0.3, 0.4) is 0 Å². The second kappa shape index (κ2) is 29.6. The van der Waals surface area contributed by atoms with Gasteiger partial charge in [0.05, 0.1) is 59.5 Å². The van der Waals surface area contributed by atoms with Crippen LogP contribution in [0.15, 0.2) is 182 Å². The summed E-state index contributed by atoms with van der Waals surface area (Å²) in [4.78, 5) is 13.4. The minimum Gasteiger partial charge on any atom is -0.394 e. The van der Waals surface area contributed by atoms with Crippen LogP contribution in [0.25, 0.3) is 0 Å². The van der Waals surface area contributed by atoms with Crippen molar-refractivity contribution in [1.29, 1.82) is 0 Å². The zero-order chi connectivity index (χ0) is 54.8. The lowest BCUT2D eigenvalue weighted by atomic mass is 9.94. The summed E-state index contributed by atoms with van der Waals surface area (Å²) in [5, 5.41) is 50.5. The van der Waals surface area contributed by atoms with E-state index in [1.54, 1.807) is 0 Å². The Morgan fingerprint density at radius 3 is 1.19 bits per heavy atom. The van der Waals surface area contributed by atoms with Crippen molar-refractivity contribution in [3.8, 4) is 0 Å². The Hall–Kier alpha value is -5.81. The largest absolute Gasteiger partial charge is 0.394 e. The Bertz CT molecular complexity index is 2670. The molecule has 6 aromatic carbocycles. The van der Waals surface area contributed by atoms with Gasteiger partial charge in [-0.05, 0) is 33.4 Å². The molecule has 79 heavy (non-hydrogen) atoms. The van der Waals surface area contributed by atoms with E-state index in [0.29, 0.717) is 0 Å². The van der Waals surface area contributed by atoms with Gasteiger partial charge in [0.2, 0.25) is 5.91 Å². The first-order chi connectivity index (χ1) is 38.7. The fourth-order valence-electron chi connectivity index (χ4n) is 9.94. The number of aliphatic hydroxyl groups is 4. The van der Waals surface area contributed by atoms with Gasteiger partial charge in [-0.3, -0.25) is 4.79 Å². The molecule has 17 nitrogen and oxygen atoms in total.